The number of thioether (sulfide) groups is 1. The Balaban J connectivity index is 2.57. The molecule has 1 N–H and O–H groups in total. The molecule has 0 aliphatic carbocycles. The number of rotatable bonds is 7. The molecule has 1 heterocycles. The van der Waals surface area contributed by atoms with Crippen LogP contribution in [0.2, 0.25) is 0 Å². The molecule has 0 aromatic carbocycles. The Bertz CT molecular complexity index is 298. The third kappa shape index (κ3) is 4.26. The van der Waals surface area contributed by atoms with Crippen molar-refractivity contribution in [1.82, 2.24) is 9.97 Å². The fourth-order valence-electron chi connectivity index (χ4n) is 1.23. The van der Waals surface area contributed by atoms with Crippen molar-refractivity contribution < 1.29 is 4.74 Å². The second-order valence-corrected chi connectivity index (χ2v) is 4.16. The molecule has 0 aliphatic heterocycles. The molecule has 0 bridgehead atoms. The first kappa shape index (κ1) is 13.1. The molecule has 16 heavy (non-hydrogen) atoms. The summed E-state index contributed by atoms with van der Waals surface area (Å²) < 4.78 is 5.59. The van der Waals surface area contributed by atoms with Crippen molar-refractivity contribution in [2.75, 3.05) is 25.2 Å². The number of nitrogens with one attached hydrogen (secondary N) is 1. The van der Waals surface area contributed by atoms with E-state index in [1.54, 1.807) is 0 Å². The van der Waals surface area contributed by atoms with Crippen LogP contribution < -0.4 is 10.1 Å². The number of unbranched alkanes of at least 4 members (excludes halogenated alkanes) is 2. The molecule has 0 atom stereocenters. The second-order valence-electron chi connectivity index (χ2n) is 3.38. The summed E-state index contributed by atoms with van der Waals surface area (Å²) in [6, 6.07) is 1.83. The second kappa shape index (κ2) is 7.33. The number of nitrogens with zero attached hydrogens (tertiary/aromatic N) is 2. The highest BCUT2D eigenvalue weighted by Crippen LogP contribution is 2.18. The van der Waals surface area contributed by atoms with E-state index in [-0.39, 0.29) is 0 Å². The minimum atomic E-state index is 0.653. The van der Waals surface area contributed by atoms with Crippen LogP contribution in [0.5, 0.6) is 5.88 Å². The van der Waals surface area contributed by atoms with E-state index in [1.165, 1.54) is 24.6 Å². The van der Waals surface area contributed by atoms with E-state index < -0.39 is 0 Å². The lowest BCUT2D eigenvalue weighted by Crippen LogP contribution is -2.02. The first-order valence-corrected chi connectivity index (χ1v) is 6.76. The Kier molecular flexibility index (Phi) is 6.00. The van der Waals surface area contributed by atoms with Gasteiger partial charge in [0.15, 0.2) is 5.16 Å². The fraction of sp³-hybridized carbons (Fsp3) is 0.636. The zero-order valence-corrected chi connectivity index (χ0v) is 10.9. The van der Waals surface area contributed by atoms with Crippen LogP contribution in [0.15, 0.2) is 11.2 Å². The predicted molar refractivity (Wildman–Crippen MR) is 68.4 cm³/mol. The Morgan fingerprint density at radius 1 is 1.38 bits per heavy atom. The molecular formula is C11H19N3OS. The van der Waals surface area contributed by atoms with Gasteiger partial charge < -0.3 is 10.1 Å². The van der Waals surface area contributed by atoms with E-state index in [9.17, 15) is 0 Å². The van der Waals surface area contributed by atoms with E-state index in [0.29, 0.717) is 5.88 Å². The SMILES string of the molecule is CCCCCOc1cc(NC)nc(SC)n1. The maximum Gasteiger partial charge on any atom is 0.219 e. The Morgan fingerprint density at radius 3 is 2.81 bits per heavy atom. The van der Waals surface area contributed by atoms with Gasteiger partial charge >= 0.3 is 0 Å². The number of ether oxygens (including phenoxy) is 1. The predicted octanol–water partition coefficient (Wildman–Crippen LogP) is 2.81. The Labute approximate surface area is 101 Å². The summed E-state index contributed by atoms with van der Waals surface area (Å²) in [5.74, 6) is 1.45. The largest absolute Gasteiger partial charge is 0.478 e. The lowest BCUT2D eigenvalue weighted by Gasteiger charge is -2.07. The van der Waals surface area contributed by atoms with Crippen LogP contribution in [-0.2, 0) is 0 Å². The number of hydrogen-bond acceptors (Lipinski definition) is 5. The fourth-order valence-corrected chi connectivity index (χ4v) is 1.60. The molecular weight excluding hydrogens is 222 g/mol. The van der Waals surface area contributed by atoms with E-state index in [1.807, 2.05) is 19.4 Å². The van der Waals surface area contributed by atoms with E-state index in [2.05, 4.69) is 22.2 Å². The van der Waals surface area contributed by atoms with Gasteiger partial charge in [0, 0.05) is 13.1 Å². The van der Waals surface area contributed by atoms with Gasteiger partial charge in [-0.25, -0.2) is 4.98 Å². The van der Waals surface area contributed by atoms with Crippen LogP contribution in [0, 0.1) is 0 Å². The molecule has 5 heteroatoms. The van der Waals surface area contributed by atoms with Gasteiger partial charge in [-0.3, -0.25) is 0 Å². The summed E-state index contributed by atoms with van der Waals surface area (Å²) in [6.07, 6.45) is 5.42. The monoisotopic (exact) mass is 241 g/mol. The molecule has 0 aliphatic rings. The van der Waals surface area contributed by atoms with E-state index in [4.69, 9.17) is 4.74 Å². The highest BCUT2D eigenvalue weighted by Gasteiger charge is 2.03. The zero-order chi connectivity index (χ0) is 11.8. The number of anilines is 1. The summed E-state index contributed by atoms with van der Waals surface area (Å²) in [7, 11) is 1.84. The van der Waals surface area contributed by atoms with Crippen molar-refractivity contribution >= 4 is 17.6 Å². The average molecular weight is 241 g/mol. The molecule has 1 aromatic heterocycles. The lowest BCUT2D eigenvalue weighted by molar-refractivity contribution is 0.292. The molecule has 0 fully saturated rings. The summed E-state index contributed by atoms with van der Waals surface area (Å²) in [5, 5.41) is 3.73. The van der Waals surface area contributed by atoms with Crippen LogP contribution in [0.25, 0.3) is 0 Å². The molecule has 1 rings (SSSR count). The van der Waals surface area contributed by atoms with Crippen molar-refractivity contribution in [1.29, 1.82) is 0 Å². The number of aromatic nitrogens is 2. The quantitative estimate of drug-likeness (QED) is 0.452. The van der Waals surface area contributed by atoms with Crippen LogP contribution >= 0.6 is 11.8 Å². The van der Waals surface area contributed by atoms with E-state index in [0.717, 1.165) is 24.0 Å². The smallest absolute Gasteiger partial charge is 0.219 e. The van der Waals surface area contributed by atoms with Gasteiger partial charge in [-0.1, -0.05) is 31.5 Å². The molecule has 0 spiro atoms. The Morgan fingerprint density at radius 2 is 2.19 bits per heavy atom. The van der Waals surface area contributed by atoms with Crippen molar-refractivity contribution in [3.8, 4) is 5.88 Å². The maximum absolute atomic E-state index is 5.59. The van der Waals surface area contributed by atoms with Gasteiger partial charge in [-0.2, -0.15) is 4.98 Å². The average Bonchev–Trinajstić information content (AvgIpc) is 2.34. The summed E-state index contributed by atoms with van der Waals surface area (Å²) in [5.41, 5.74) is 0. The van der Waals surface area contributed by atoms with Gasteiger partial charge in [0.25, 0.3) is 0 Å². The van der Waals surface area contributed by atoms with Gasteiger partial charge in [-0.15, -0.1) is 0 Å². The Hall–Kier alpha value is -0.970. The van der Waals surface area contributed by atoms with Crippen molar-refractivity contribution in [2.24, 2.45) is 0 Å². The maximum atomic E-state index is 5.59. The molecule has 0 radical (unpaired) electrons. The molecule has 90 valence electrons. The van der Waals surface area contributed by atoms with Crippen LogP contribution in [0.1, 0.15) is 26.2 Å². The first-order valence-electron chi connectivity index (χ1n) is 5.53. The summed E-state index contributed by atoms with van der Waals surface area (Å²) in [6.45, 7) is 2.90. The molecule has 1 aromatic rings. The van der Waals surface area contributed by atoms with Crippen molar-refractivity contribution in [3.05, 3.63) is 6.07 Å². The van der Waals surface area contributed by atoms with Crippen molar-refractivity contribution in [3.63, 3.8) is 0 Å². The van der Waals surface area contributed by atoms with Gasteiger partial charge in [0.05, 0.1) is 6.61 Å². The highest BCUT2D eigenvalue weighted by molar-refractivity contribution is 7.98. The molecule has 0 unspecified atom stereocenters. The highest BCUT2D eigenvalue weighted by atomic mass is 32.2. The third-order valence-electron chi connectivity index (χ3n) is 2.12. The standard InChI is InChI=1S/C11H19N3OS/c1-4-5-6-7-15-10-8-9(12-2)13-11(14-10)16-3/h8H,4-7H2,1-3H3,(H,12,13,14). The van der Waals surface area contributed by atoms with Crippen molar-refractivity contribution in [2.45, 2.75) is 31.3 Å². The molecule has 4 nitrogen and oxygen atoms in total. The van der Waals surface area contributed by atoms with Crippen LogP contribution in [0.4, 0.5) is 5.82 Å². The third-order valence-corrected chi connectivity index (χ3v) is 2.67. The van der Waals surface area contributed by atoms with Gasteiger partial charge in [-0.05, 0) is 12.7 Å². The molecule has 0 saturated heterocycles. The number of hydrogen-bond donors (Lipinski definition) is 1. The summed E-state index contributed by atoms with van der Waals surface area (Å²) in [4.78, 5) is 8.56. The van der Waals surface area contributed by atoms with Gasteiger partial charge in [0.1, 0.15) is 5.82 Å². The molecule has 0 saturated carbocycles. The topological polar surface area (TPSA) is 47.0 Å². The van der Waals surface area contributed by atoms with Crippen LogP contribution in [0.3, 0.4) is 0 Å². The zero-order valence-electron chi connectivity index (χ0n) is 10.1. The normalized spacial score (nSPS) is 10.2. The van der Waals surface area contributed by atoms with E-state index >= 15 is 0 Å². The first-order chi connectivity index (χ1) is 7.80. The summed E-state index contributed by atoms with van der Waals surface area (Å²) >= 11 is 1.51. The molecule has 0 amide bonds. The van der Waals surface area contributed by atoms with Crippen LogP contribution in [-0.4, -0.2) is 29.9 Å². The van der Waals surface area contributed by atoms with Gasteiger partial charge in [0.2, 0.25) is 5.88 Å². The lowest BCUT2D eigenvalue weighted by atomic mass is 10.3. The minimum Gasteiger partial charge on any atom is -0.478 e. The minimum absolute atomic E-state index is 0.653.